The Bertz CT molecular complexity index is 760. The fourth-order valence-corrected chi connectivity index (χ4v) is 2.37. The number of rotatable bonds is 5. The second kappa shape index (κ2) is 7.11. The van der Waals surface area contributed by atoms with Crippen LogP contribution < -0.4 is 4.74 Å². The number of ether oxygens (including phenoxy) is 2. The summed E-state index contributed by atoms with van der Waals surface area (Å²) in [5.74, 6) is -0.431. The molecule has 0 unspecified atom stereocenters. The zero-order valence-corrected chi connectivity index (χ0v) is 13.3. The SMILES string of the molecule is COc1c(Cl)ccc(C)c1C(=O)OCc1ccccc1[N+](=O)[O-]. The Morgan fingerprint density at radius 2 is 1.96 bits per heavy atom. The number of benzene rings is 2. The van der Waals surface area contributed by atoms with Crippen LogP contribution in [0.25, 0.3) is 0 Å². The molecular weight excluding hydrogens is 322 g/mol. The second-order valence-electron chi connectivity index (χ2n) is 4.73. The van der Waals surface area contributed by atoms with Crippen LogP contribution in [0.3, 0.4) is 0 Å². The van der Waals surface area contributed by atoms with E-state index in [1.54, 1.807) is 31.2 Å². The molecule has 0 aromatic heterocycles. The van der Waals surface area contributed by atoms with Crippen molar-refractivity contribution in [2.45, 2.75) is 13.5 Å². The van der Waals surface area contributed by atoms with Gasteiger partial charge in [-0.05, 0) is 24.6 Å². The van der Waals surface area contributed by atoms with Gasteiger partial charge < -0.3 is 9.47 Å². The molecule has 0 saturated carbocycles. The van der Waals surface area contributed by atoms with Crippen molar-refractivity contribution in [2.24, 2.45) is 0 Å². The van der Waals surface area contributed by atoms with Crippen molar-refractivity contribution in [3.8, 4) is 5.75 Å². The molecule has 0 N–H and O–H groups in total. The summed E-state index contributed by atoms with van der Waals surface area (Å²) in [6.07, 6.45) is 0. The number of methoxy groups -OCH3 is 1. The number of para-hydroxylation sites is 1. The number of carbonyl (C=O) groups excluding carboxylic acids is 1. The molecule has 0 amide bonds. The van der Waals surface area contributed by atoms with E-state index in [0.29, 0.717) is 11.1 Å². The minimum atomic E-state index is -0.653. The van der Waals surface area contributed by atoms with E-state index in [9.17, 15) is 14.9 Å². The molecule has 23 heavy (non-hydrogen) atoms. The van der Waals surface area contributed by atoms with Gasteiger partial charge in [0.2, 0.25) is 0 Å². The Labute approximate surface area is 137 Å². The first-order valence-corrected chi connectivity index (χ1v) is 7.06. The highest BCUT2D eigenvalue weighted by Gasteiger charge is 2.21. The lowest BCUT2D eigenvalue weighted by atomic mass is 10.1. The molecule has 0 saturated heterocycles. The molecule has 0 spiro atoms. The predicted octanol–water partition coefficient (Wildman–Crippen LogP) is 3.92. The third-order valence-corrected chi connectivity index (χ3v) is 3.57. The van der Waals surface area contributed by atoms with Crippen LogP contribution in [0.15, 0.2) is 36.4 Å². The summed E-state index contributed by atoms with van der Waals surface area (Å²) in [5, 5.41) is 11.3. The highest BCUT2D eigenvalue weighted by molar-refractivity contribution is 6.32. The van der Waals surface area contributed by atoms with E-state index in [1.807, 2.05) is 0 Å². The average molecular weight is 336 g/mol. The van der Waals surface area contributed by atoms with E-state index in [1.165, 1.54) is 19.2 Å². The molecule has 0 bridgehead atoms. The van der Waals surface area contributed by atoms with Gasteiger partial charge in [0, 0.05) is 6.07 Å². The minimum absolute atomic E-state index is 0.102. The number of aryl methyl sites for hydroxylation is 1. The second-order valence-corrected chi connectivity index (χ2v) is 5.14. The molecule has 0 aliphatic rings. The highest BCUT2D eigenvalue weighted by atomic mass is 35.5. The Kier molecular flexibility index (Phi) is 5.18. The maximum absolute atomic E-state index is 12.3. The van der Waals surface area contributed by atoms with Crippen LogP contribution in [-0.4, -0.2) is 18.0 Å². The number of nitro groups is 1. The summed E-state index contributed by atoms with van der Waals surface area (Å²) in [6.45, 7) is 1.51. The maximum atomic E-state index is 12.3. The summed E-state index contributed by atoms with van der Waals surface area (Å²) in [6, 6.07) is 9.37. The molecule has 0 fully saturated rings. The average Bonchev–Trinajstić information content (AvgIpc) is 2.54. The summed E-state index contributed by atoms with van der Waals surface area (Å²) in [4.78, 5) is 22.8. The molecule has 2 aromatic carbocycles. The smallest absolute Gasteiger partial charge is 0.342 e. The first-order chi connectivity index (χ1) is 11.0. The molecular formula is C16H14ClNO5. The van der Waals surface area contributed by atoms with Crippen LogP contribution in [-0.2, 0) is 11.3 Å². The number of hydrogen-bond donors (Lipinski definition) is 0. The van der Waals surface area contributed by atoms with Gasteiger partial charge in [-0.15, -0.1) is 0 Å². The summed E-state index contributed by atoms with van der Waals surface area (Å²) < 4.78 is 10.4. The van der Waals surface area contributed by atoms with Gasteiger partial charge in [0.1, 0.15) is 12.2 Å². The molecule has 7 heteroatoms. The number of carbonyl (C=O) groups is 1. The van der Waals surface area contributed by atoms with Crippen molar-refractivity contribution in [3.63, 3.8) is 0 Å². The van der Waals surface area contributed by atoms with Gasteiger partial charge in [-0.1, -0.05) is 29.8 Å². The van der Waals surface area contributed by atoms with Gasteiger partial charge in [0.15, 0.2) is 5.75 Å². The van der Waals surface area contributed by atoms with Crippen molar-refractivity contribution < 1.29 is 19.2 Å². The van der Waals surface area contributed by atoms with Crippen LogP contribution in [0.1, 0.15) is 21.5 Å². The van der Waals surface area contributed by atoms with E-state index in [4.69, 9.17) is 21.1 Å². The monoisotopic (exact) mass is 335 g/mol. The van der Waals surface area contributed by atoms with Gasteiger partial charge in [-0.2, -0.15) is 0 Å². The first-order valence-electron chi connectivity index (χ1n) is 6.68. The fourth-order valence-electron chi connectivity index (χ4n) is 2.14. The van der Waals surface area contributed by atoms with Gasteiger partial charge in [0.25, 0.3) is 5.69 Å². The van der Waals surface area contributed by atoms with Crippen molar-refractivity contribution >= 4 is 23.3 Å². The first kappa shape index (κ1) is 16.8. The molecule has 0 radical (unpaired) electrons. The lowest BCUT2D eigenvalue weighted by Gasteiger charge is -2.12. The van der Waals surface area contributed by atoms with Crippen molar-refractivity contribution in [2.75, 3.05) is 7.11 Å². The largest absolute Gasteiger partial charge is 0.494 e. The Hall–Kier alpha value is -2.60. The molecule has 120 valence electrons. The van der Waals surface area contributed by atoms with Crippen LogP contribution in [0.5, 0.6) is 5.75 Å². The van der Waals surface area contributed by atoms with E-state index in [-0.39, 0.29) is 28.6 Å². The number of nitrogens with zero attached hydrogens (tertiary/aromatic N) is 1. The number of hydrogen-bond acceptors (Lipinski definition) is 5. The molecule has 6 nitrogen and oxygen atoms in total. The molecule has 2 aromatic rings. The molecule has 0 aliphatic carbocycles. The van der Waals surface area contributed by atoms with Gasteiger partial charge >= 0.3 is 5.97 Å². The van der Waals surface area contributed by atoms with Crippen LogP contribution in [0, 0.1) is 17.0 Å². The minimum Gasteiger partial charge on any atom is -0.494 e. The lowest BCUT2D eigenvalue weighted by molar-refractivity contribution is -0.385. The van der Waals surface area contributed by atoms with Gasteiger partial charge in [-0.25, -0.2) is 4.79 Å². The standard InChI is InChI=1S/C16H14ClNO5/c1-10-7-8-12(17)15(22-2)14(10)16(19)23-9-11-5-3-4-6-13(11)18(20)21/h3-8H,9H2,1-2H3. The molecule has 2 rings (SSSR count). The topological polar surface area (TPSA) is 78.7 Å². The lowest BCUT2D eigenvalue weighted by Crippen LogP contribution is -2.10. The van der Waals surface area contributed by atoms with Gasteiger partial charge in [-0.3, -0.25) is 10.1 Å². The maximum Gasteiger partial charge on any atom is 0.342 e. The Morgan fingerprint density at radius 1 is 1.26 bits per heavy atom. The van der Waals surface area contributed by atoms with E-state index < -0.39 is 10.9 Å². The third kappa shape index (κ3) is 3.60. The number of halogens is 1. The molecule has 0 aliphatic heterocycles. The highest BCUT2D eigenvalue weighted by Crippen LogP contribution is 2.32. The summed E-state index contributed by atoms with van der Waals surface area (Å²) >= 11 is 6.01. The third-order valence-electron chi connectivity index (χ3n) is 3.27. The zero-order valence-electron chi connectivity index (χ0n) is 12.5. The summed E-state index contributed by atoms with van der Waals surface area (Å²) in [7, 11) is 1.40. The fraction of sp³-hybridized carbons (Fsp3) is 0.188. The van der Waals surface area contributed by atoms with Crippen molar-refractivity contribution in [1.82, 2.24) is 0 Å². The van der Waals surface area contributed by atoms with Crippen LogP contribution >= 0.6 is 11.6 Å². The van der Waals surface area contributed by atoms with E-state index >= 15 is 0 Å². The normalized spacial score (nSPS) is 10.2. The van der Waals surface area contributed by atoms with Crippen molar-refractivity contribution in [1.29, 1.82) is 0 Å². The Morgan fingerprint density at radius 3 is 2.61 bits per heavy atom. The molecule has 0 atom stereocenters. The Balaban J connectivity index is 2.25. The van der Waals surface area contributed by atoms with Crippen molar-refractivity contribution in [3.05, 3.63) is 68.2 Å². The van der Waals surface area contributed by atoms with Crippen LogP contribution in [0.4, 0.5) is 5.69 Å². The number of esters is 1. The quantitative estimate of drug-likeness (QED) is 0.470. The predicted molar refractivity (Wildman–Crippen MR) is 85.0 cm³/mol. The number of nitro benzene ring substituents is 1. The zero-order chi connectivity index (χ0) is 17.0. The van der Waals surface area contributed by atoms with Crippen LogP contribution in [0.2, 0.25) is 5.02 Å². The molecule has 0 heterocycles. The van der Waals surface area contributed by atoms with E-state index in [2.05, 4.69) is 0 Å². The van der Waals surface area contributed by atoms with E-state index in [0.717, 1.165) is 0 Å². The van der Waals surface area contributed by atoms with Gasteiger partial charge in [0.05, 0.1) is 22.6 Å². The summed E-state index contributed by atoms with van der Waals surface area (Å²) in [5.41, 5.74) is 1.05.